The zero-order chi connectivity index (χ0) is 21.8. The number of aromatic amines is 1. The minimum Gasteiger partial charge on any atom is -0.497 e. The highest BCUT2D eigenvalue weighted by Gasteiger charge is 2.22. The minimum atomic E-state index is -0.344. The largest absolute Gasteiger partial charge is 0.497 e. The maximum absolute atomic E-state index is 13.2. The van der Waals surface area contributed by atoms with Crippen molar-refractivity contribution in [2.24, 2.45) is 0 Å². The molecule has 0 unspecified atom stereocenters. The molecule has 7 heteroatoms. The summed E-state index contributed by atoms with van der Waals surface area (Å²) in [7, 11) is 1.57. The number of rotatable bonds is 7. The lowest BCUT2D eigenvalue weighted by atomic mass is 10.1. The molecule has 0 spiro atoms. The van der Waals surface area contributed by atoms with Crippen LogP contribution in [0.3, 0.4) is 0 Å². The highest BCUT2D eigenvalue weighted by atomic mass is 16.5. The molecule has 0 aliphatic carbocycles. The molecule has 0 atom stereocenters. The number of H-pyrrole nitrogens is 1. The zero-order valence-electron chi connectivity index (χ0n) is 17.3. The number of ether oxygens (including phenoxy) is 2. The van der Waals surface area contributed by atoms with Gasteiger partial charge in [0, 0.05) is 17.3 Å². The van der Waals surface area contributed by atoms with Crippen LogP contribution in [0.1, 0.15) is 23.0 Å². The van der Waals surface area contributed by atoms with E-state index in [2.05, 4.69) is 4.98 Å². The third kappa shape index (κ3) is 4.30. The number of amides is 1. The Labute approximate surface area is 178 Å². The fourth-order valence-corrected chi connectivity index (χ4v) is 3.34. The highest BCUT2D eigenvalue weighted by molar-refractivity contribution is 6.04. The summed E-state index contributed by atoms with van der Waals surface area (Å²) in [6, 6.07) is 17.6. The van der Waals surface area contributed by atoms with Gasteiger partial charge in [-0.05, 0) is 66.9 Å². The van der Waals surface area contributed by atoms with Gasteiger partial charge in [-0.15, -0.1) is 0 Å². The number of methoxy groups -OCH3 is 1. The molecule has 31 heavy (non-hydrogen) atoms. The molecule has 0 bridgehead atoms. The van der Waals surface area contributed by atoms with E-state index in [1.165, 1.54) is 11.2 Å². The first-order valence-electron chi connectivity index (χ1n) is 9.87. The van der Waals surface area contributed by atoms with Crippen molar-refractivity contribution in [3.63, 3.8) is 0 Å². The van der Waals surface area contributed by atoms with Crippen LogP contribution in [-0.2, 0) is 6.54 Å². The Kier molecular flexibility index (Phi) is 5.75. The molecule has 1 amide bonds. The lowest BCUT2D eigenvalue weighted by molar-refractivity contribution is 0.0958. The average Bonchev–Trinajstić information content (AvgIpc) is 3.33. The van der Waals surface area contributed by atoms with Crippen LogP contribution in [0.25, 0.3) is 10.9 Å². The summed E-state index contributed by atoms with van der Waals surface area (Å²) in [5.74, 6) is 1.20. The molecule has 1 N–H and O–H groups in total. The number of benzene rings is 2. The van der Waals surface area contributed by atoms with E-state index in [1.807, 2.05) is 19.1 Å². The standard InChI is InChI=1S/C24H22N2O5/c1-3-30-19-10-7-18(8-11-19)26(24(28)22-5-4-12-31-22)15-17-13-16-6-9-20(29-2)14-21(16)25-23(17)27/h4-14H,3,15H2,1-2H3,(H,25,27). The van der Waals surface area contributed by atoms with Gasteiger partial charge < -0.3 is 23.8 Å². The van der Waals surface area contributed by atoms with Crippen LogP contribution in [-0.4, -0.2) is 24.6 Å². The van der Waals surface area contributed by atoms with E-state index in [0.29, 0.717) is 34.9 Å². The third-order valence-electron chi connectivity index (χ3n) is 4.90. The second-order valence-electron chi connectivity index (χ2n) is 6.87. The summed E-state index contributed by atoms with van der Waals surface area (Å²) in [6.45, 7) is 2.53. The Balaban J connectivity index is 1.72. The zero-order valence-corrected chi connectivity index (χ0v) is 17.3. The van der Waals surface area contributed by atoms with Crippen LogP contribution < -0.4 is 19.9 Å². The number of nitrogens with one attached hydrogen (secondary N) is 1. The van der Waals surface area contributed by atoms with E-state index >= 15 is 0 Å². The Morgan fingerprint density at radius 2 is 1.84 bits per heavy atom. The lowest BCUT2D eigenvalue weighted by Gasteiger charge is -2.22. The van der Waals surface area contributed by atoms with Gasteiger partial charge >= 0.3 is 0 Å². The molecule has 4 aromatic rings. The fraction of sp³-hybridized carbons (Fsp3) is 0.167. The maximum Gasteiger partial charge on any atom is 0.294 e. The molecule has 4 rings (SSSR count). The SMILES string of the molecule is CCOc1ccc(N(Cc2cc3ccc(OC)cc3[nH]c2=O)C(=O)c2ccco2)cc1. The number of aromatic nitrogens is 1. The first-order chi connectivity index (χ1) is 15.1. The van der Waals surface area contributed by atoms with E-state index in [4.69, 9.17) is 13.9 Å². The van der Waals surface area contributed by atoms with Gasteiger partial charge in [0.15, 0.2) is 5.76 Å². The molecule has 158 valence electrons. The summed E-state index contributed by atoms with van der Waals surface area (Å²) in [5, 5.41) is 0.840. The molecule has 0 fully saturated rings. The number of nitrogens with zero attached hydrogens (tertiary/aromatic N) is 1. The first kappa shape index (κ1) is 20.3. The number of pyridine rings is 1. The Morgan fingerprint density at radius 1 is 1.06 bits per heavy atom. The van der Waals surface area contributed by atoms with E-state index in [9.17, 15) is 9.59 Å². The molecule has 0 saturated heterocycles. The van der Waals surface area contributed by atoms with Crippen molar-refractivity contribution >= 4 is 22.5 Å². The normalized spacial score (nSPS) is 10.8. The molecule has 2 aromatic carbocycles. The topological polar surface area (TPSA) is 84.8 Å². The second kappa shape index (κ2) is 8.79. The highest BCUT2D eigenvalue weighted by Crippen LogP contribution is 2.24. The molecular formula is C24H22N2O5. The van der Waals surface area contributed by atoms with Crippen molar-refractivity contribution in [1.82, 2.24) is 4.98 Å². The monoisotopic (exact) mass is 418 g/mol. The van der Waals surface area contributed by atoms with Gasteiger partial charge in [-0.1, -0.05) is 0 Å². The quantitative estimate of drug-likeness (QED) is 0.482. The maximum atomic E-state index is 13.2. The van der Waals surface area contributed by atoms with Gasteiger partial charge in [-0.3, -0.25) is 9.59 Å². The molecule has 2 heterocycles. The minimum absolute atomic E-state index is 0.0742. The first-order valence-corrected chi connectivity index (χ1v) is 9.87. The summed E-state index contributed by atoms with van der Waals surface area (Å²) >= 11 is 0. The van der Waals surface area contributed by atoms with E-state index in [0.717, 1.165) is 5.39 Å². The Bertz CT molecular complexity index is 1240. The van der Waals surface area contributed by atoms with Gasteiger partial charge in [0.2, 0.25) is 0 Å². The molecule has 7 nitrogen and oxygen atoms in total. The number of hydrogen-bond donors (Lipinski definition) is 1. The van der Waals surface area contributed by atoms with E-state index in [1.54, 1.807) is 55.6 Å². The summed E-state index contributed by atoms with van der Waals surface area (Å²) < 4.78 is 16.0. The van der Waals surface area contributed by atoms with Crippen molar-refractivity contribution in [2.75, 3.05) is 18.6 Å². The number of anilines is 1. The Hall–Kier alpha value is -4.00. The second-order valence-corrected chi connectivity index (χ2v) is 6.87. The molecule has 0 aliphatic heterocycles. The number of carbonyl (C=O) groups is 1. The van der Waals surface area contributed by atoms with Crippen molar-refractivity contribution < 1.29 is 18.7 Å². The molecule has 0 saturated carbocycles. The predicted octanol–water partition coefficient (Wildman–Crippen LogP) is 4.38. The van der Waals surface area contributed by atoms with Crippen molar-refractivity contribution in [1.29, 1.82) is 0 Å². The molecule has 0 aliphatic rings. The lowest BCUT2D eigenvalue weighted by Crippen LogP contribution is -2.32. The summed E-state index contributed by atoms with van der Waals surface area (Å²) in [4.78, 5) is 30.3. The van der Waals surface area contributed by atoms with Crippen LogP contribution in [0.2, 0.25) is 0 Å². The van der Waals surface area contributed by atoms with Crippen molar-refractivity contribution in [3.05, 3.63) is 88.6 Å². The number of hydrogen-bond acceptors (Lipinski definition) is 5. The van der Waals surface area contributed by atoms with Crippen LogP contribution in [0.4, 0.5) is 5.69 Å². The average molecular weight is 418 g/mol. The predicted molar refractivity (Wildman–Crippen MR) is 118 cm³/mol. The van der Waals surface area contributed by atoms with Gasteiger partial charge in [0.1, 0.15) is 11.5 Å². The van der Waals surface area contributed by atoms with Crippen molar-refractivity contribution in [2.45, 2.75) is 13.5 Å². The van der Waals surface area contributed by atoms with Gasteiger partial charge in [0.05, 0.1) is 32.0 Å². The summed E-state index contributed by atoms with van der Waals surface area (Å²) in [5.41, 5.74) is 1.47. The number of fused-ring (bicyclic) bond motifs is 1. The number of furan rings is 1. The smallest absolute Gasteiger partial charge is 0.294 e. The van der Waals surface area contributed by atoms with E-state index < -0.39 is 0 Å². The number of carbonyl (C=O) groups excluding carboxylic acids is 1. The van der Waals surface area contributed by atoms with Crippen molar-refractivity contribution in [3.8, 4) is 11.5 Å². The third-order valence-corrected chi connectivity index (χ3v) is 4.90. The van der Waals surface area contributed by atoms with E-state index in [-0.39, 0.29) is 23.8 Å². The Morgan fingerprint density at radius 3 is 2.52 bits per heavy atom. The molecular weight excluding hydrogens is 396 g/mol. The molecule has 2 aromatic heterocycles. The summed E-state index contributed by atoms with van der Waals surface area (Å²) in [6.07, 6.45) is 1.44. The van der Waals surface area contributed by atoms with Gasteiger partial charge in [-0.2, -0.15) is 0 Å². The van der Waals surface area contributed by atoms with Gasteiger partial charge in [-0.25, -0.2) is 0 Å². The van der Waals surface area contributed by atoms with Crippen LogP contribution in [0, 0.1) is 0 Å². The van der Waals surface area contributed by atoms with Crippen LogP contribution in [0.5, 0.6) is 11.5 Å². The van der Waals surface area contributed by atoms with Gasteiger partial charge in [0.25, 0.3) is 11.5 Å². The van der Waals surface area contributed by atoms with Crippen LogP contribution in [0.15, 0.2) is 76.1 Å². The van der Waals surface area contributed by atoms with Crippen LogP contribution >= 0.6 is 0 Å². The fourth-order valence-electron chi connectivity index (χ4n) is 3.34. The molecule has 0 radical (unpaired) electrons.